The van der Waals surface area contributed by atoms with Gasteiger partial charge in [0.1, 0.15) is 0 Å². The van der Waals surface area contributed by atoms with Gasteiger partial charge >= 0.3 is 0 Å². The zero-order chi connectivity index (χ0) is 21.2. The Morgan fingerprint density at radius 3 is 2.43 bits per heavy atom. The molecule has 0 spiro atoms. The summed E-state index contributed by atoms with van der Waals surface area (Å²) >= 11 is 0. The lowest BCUT2D eigenvalue weighted by Crippen LogP contribution is -2.42. The van der Waals surface area contributed by atoms with E-state index in [0.29, 0.717) is 26.1 Å². The van der Waals surface area contributed by atoms with Crippen LogP contribution in [0.3, 0.4) is 0 Å². The molecule has 1 aliphatic carbocycles. The molecule has 1 aromatic rings. The van der Waals surface area contributed by atoms with Gasteiger partial charge in [-0.25, -0.2) is 4.99 Å². The molecule has 1 aliphatic heterocycles. The van der Waals surface area contributed by atoms with Crippen LogP contribution < -0.4 is 20.9 Å². The van der Waals surface area contributed by atoms with E-state index >= 15 is 0 Å². The lowest BCUT2D eigenvalue weighted by atomic mass is 9.89. The van der Waals surface area contributed by atoms with Crippen LogP contribution in [0.15, 0.2) is 29.3 Å². The van der Waals surface area contributed by atoms with Gasteiger partial charge in [-0.15, -0.1) is 0 Å². The fourth-order valence-electron chi connectivity index (χ4n) is 4.09. The molecule has 1 saturated carbocycles. The van der Waals surface area contributed by atoms with E-state index in [9.17, 15) is 9.59 Å². The number of rotatable bonds is 8. The number of amides is 2. The highest BCUT2D eigenvalue weighted by Crippen LogP contribution is 2.23. The van der Waals surface area contributed by atoms with Gasteiger partial charge in [0, 0.05) is 44.2 Å². The van der Waals surface area contributed by atoms with Crippen molar-refractivity contribution >= 4 is 23.5 Å². The predicted molar refractivity (Wildman–Crippen MR) is 120 cm³/mol. The summed E-state index contributed by atoms with van der Waals surface area (Å²) in [5.74, 6) is 1.33. The van der Waals surface area contributed by atoms with Gasteiger partial charge in [0.15, 0.2) is 5.96 Å². The molecule has 0 aromatic heterocycles. The maximum atomic E-state index is 12.2. The van der Waals surface area contributed by atoms with Gasteiger partial charge in [-0.3, -0.25) is 9.59 Å². The molecule has 1 heterocycles. The third-order valence-corrected chi connectivity index (χ3v) is 5.78. The monoisotopic (exact) mass is 413 g/mol. The van der Waals surface area contributed by atoms with E-state index in [2.05, 4.69) is 20.9 Å². The number of aliphatic imine (C=N–C) groups is 1. The molecular formula is C23H35N5O2. The molecule has 7 heteroatoms. The summed E-state index contributed by atoms with van der Waals surface area (Å²) in [5, 5.41) is 9.57. The predicted octanol–water partition coefficient (Wildman–Crippen LogP) is 2.56. The zero-order valence-electron chi connectivity index (χ0n) is 18.1. The molecule has 0 bridgehead atoms. The van der Waals surface area contributed by atoms with E-state index < -0.39 is 0 Å². The molecule has 1 aromatic carbocycles. The van der Waals surface area contributed by atoms with E-state index in [1.165, 1.54) is 19.3 Å². The van der Waals surface area contributed by atoms with E-state index in [1.54, 1.807) is 0 Å². The molecular weight excluding hydrogens is 378 g/mol. The molecule has 3 rings (SSSR count). The van der Waals surface area contributed by atoms with Gasteiger partial charge in [-0.2, -0.15) is 0 Å². The maximum absolute atomic E-state index is 12.2. The summed E-state index contributed by atoms with van der Waals surface area (Å²) in [6.45, 7) is 5.40. The van der Waals surface area contributed by atoms with Gasteiger partial charge < -0.3 is 20.9 Å². The van der Waals surface area contributed by atoms with Crippen LogP contribution in [-0.4, -0.2) is 44.0 Å². The van der Waals surface area contributed by atoms with Crippen LogP contribution in [0.25, 0.3) is 0 Å². The SMILES string of the molecule is CCNC(=NCc1ccc(N2CCCC2=O)cc1)NCCNC(=O)C1CCCCC1. The van der Waals surface area contributed by atoms with Crippen molar-refractivity contribution in [2.24, 2.45) is 10.9 Å². The standard InChI is InChI=1S/C23H35N5O2/c1-2-24-23(26-15-14-25-22(30)19-7-4-3-5-8-19)27-17-18-10-12-20(13-11-18)28-16-6-9-21(28)29/h10-13,19H,2-9,14-17H2,1H3,(H,25,30)(H2,24,26,27). The average molecular weight is 414 g/mol. The Morgan fingerprint density at radius 2 is 1.77 bits per heavy atom. The number of guanidine groups is 1. The number of carbonyl (C=O) groups is 2. The van der Waals surface area contributed by atoms with Crippen molar-refractivity contribution < 1.29 is 9.59 Å². The quantitative estimate of drug-likeness (QED) is 0.347. The fraction of sp³-hybridized carbons (Fsp3) is 0.609. The fourth-order valence-corrected chi connectivity index (χ4v) is 4.09. The Hall–Kier alpha value is -2.57. The van der Waals surface area contributed by atoms with E-state index in [-0.39, 0.29) is 17.7 Å². The molecule has 0 atom stereocenters. The molecule has 0 unspecified atom stereocenters. The maximum Gasteiger partial charge on any atom is 0.227 e. The molecule has 2 aliphatic rings. The van der Waals surface area contributed by atoms with Crippen molar-refractivity contribution in [3.63, 3.8) is 0 Å². The van der Waals surface area contributed by atoms with Gasteiger partial charge in [0.05, 0.1) is 6.54 Å². The highest BCUT2D eigenvalue weighted by Gasteiger charge is 2.21. The molecule has 30 heavy (non-hydrogen) atoms. The smallest absolute Gasteiger partial charge is 0.227 e. The van der Waals surface area contributed by atoms with Crippen molar-refractivity contribution in [3.8, 4) is 0 Å². The minimum absolute atomic E-state index is 0.190. The Bertz CT molecular complexity index is 726. The molecule has 1 saturated heterocycles. The molecule has 7 nitrogen and oxygen atoms in total. The third kappa shape index (κ3) is 6.47. The van der Waals surface area contributed by atoms with Crippen LogP contribution >= 0.6 is 0 Å². The Kier molecular flexibility index (Phi) is 8.53. The normalized spacial score (nSPS) is 17.8. The number of nitrogens with one attached hydrogen (secondary N) is 3. The minimum atomic E-state index is 0.190. The average Bonchev–Trinajstić information content (AvgIpc) is 3.21. The van der Waals surface area contributed by atoms with Crippen LogP contribution in [-0.2, 0) is 16.1 Å². The Morgan fingerprint density at radius 1 is 1.03 bits per heavy atom. The minimum Gasteiger partial charge on any atom is -0.357 e. The molecule has 0 radical (unpaired) electrons. The first-order valence-electron chi connectivity index (χ1n) is 11.4. The van der Waals surface area contributed by atoms with Gasteiger partial charge in [-0.1, -0.05) is 31.4 Å². The lowest BCUT2D eigenvalue weighted by molar-refractivity contribution is -0.125. The number of benzene rings is 1. The van der Waals surface area contributed by atoms with E-state index in [0.717, 1.165) is 49.6 Å². The third-order valence-electron chi connectivity index (χ3n) is 5.78. The second-order valence-corrected chi connectivity index (χ2v) is 8.06. The van der Waals surface area contributed by atoms with Crippen LogP contribution in [0.5, 0.6) is 0 Å². The first-order valence-corrected chi connectivity index (χ1v) is 11.4. The number of carbonyl (C=O) groups excluding carboxylic acids is 2. The highest BCUT2D eigenvalue weighted by atomic mass is 16.2. The van der Waals surface area contributed by atoms with Crippen LogP contribution in [0, 0.1) is 5.92 Å². The molecule has 2 amide bonds. The van der Waals surface area contributed by atoms with Crippen molar-refractivity contribution in [1.29, 1.82) is 0 Å². The number of nitrogens with zero attached hydrogens (tertiary/aromatic N) is 2. The highest BCUT2D eigenvalue weighted by molar-refractivity contribution is 5.95. The first kappa shape index (κ1) is 22.1. The first-order chi connectivity index (χ1) is 14.7. The van der Waals surface area contributed by atoms with Crippen molar-refractivity contribution in [2.45, 2.75) is 58.4 Å². The second-order valence-electron chi connectivity index (χ2n) is 8.06. The Balaban J connectivity index is 1.43. The van der Waals surface area contributed by atoms with Crippen LogP contribution in [0.1, 0.15) is 57.4 Å². The van der Waals surface area contributed by atoms with E-state index in [4.69, 9.17) is 0 Å². The van der Waals surface area contributed by atoms with Gasteiger partial charge in [-0.05, 0) is 43.9 Å². The van der Waals surface area contributed by atoms with Crippen LogP contribution in [0.2, 0.25) is 0 Å². The molecule has 2 fully saturated rings. The number of hydrogen-bond acceptors (Lipinski definition) is 3. The largest absolute Gasteiger partial charge is 0.357 e. The molecule has 164 valence electrons. The summed E-state index contributed by atoms with van der Waals surface area (Å²) in [6.07, 6.45) is 7.22. The number of anilines is 1. The second kappa shape index (κ2) is 11.6. The summed E-state index contributed by atoms with van der Waals surface area (Å²) in [7, 11) is 0. The summed E-state index contributed by atoms with van der Waals surface area (Å²) in [4.78, 5) is 30.6. The van der Waals surface area contributed by atoms with Crippen molar-refractivity contribution in [2.75, 3.05) is 31.1 Å². The summed E-state index contributed by atoms with van der Waals surface area (Å²) in [6, 6.07) is 8.04. The van der Waals surface area contributed by atoms with Crippen molar-refractivity contribution in [3.05, 3.63) is 29.8 Å². The summed E-state index contributed by atoms with van der Waals surface area (Å²) < 4.78 is 0. The molecule has 3 N–H and O–H groups in total. The summed E-state index contributed by atoms with van der Waals surface area (Å²) in [5.41, 5.74) is 2.05. The van der Waals surface area contributed by atoms with Crippen molar-refractivity contribution in [1.82, 2.24) is 16.0 Å². The lowest BCUT2D eigenvalue weighted by Gasteiger charge is -2.21. The van der Waals surface area contributed by atoms with Crippen LogP contribution in [0.4, 0.5) is 5.69 Å². The van der Waals surface area contributed by atoms with Gasteiger partial charge in [0.2, 0.25) is 11.8 Å². The Labute approximate surface area is 179 Å². The van der Waals surface area contributed by atoms with E-state index in [1.807, 2.05) is 36.1 Å². The zero-order valence-corrected chi connectivity index (χ0v) is 18.1. The number of hydrogen-bond donors (Lipinski definition) is 3. The topological polar surface area (TPSA) is 85.8 Å². The van der Waals surface area contributed by atoms with Gasteiger partial charge in [0.25, 0.3) is 0 Å².